The normalized spacial score (nSPS) is 12.5. The molecule has 3 rings (SSSR count). The van der Waals surface area contributed by atoms with E-state index in [4.69, 9.17) is 0 Å². The Morgan fingerprint density at radius 3 is 2.79 bits per heavy atom. The molecule has 0 amide bonds. The number of para-hydroxylation sites is 1. The van der Waals surface area contributed by atoms with Gasteiger partial charge in [0, 0.05) is 42.4 Å². The summed E-state index contributed by atoms with van der Waals surface area (Å²) in [5.74, 6) is -1.31. The number of hydrogen-bond acceptors (Lipinski definition) is 5. The molecule has 28 heavy (non-hydrogen) atoms. The van der Waals surface area contributed by atoms with Crippen molar-refractivity contribution in [3.63, 3.8) is 0 Å². The van der Waals surface area contributed by atoms with E-state index in [1.807, 2.05) is 25.2 Å². The number of nitrogens with zero attached hydrogens (tertiary/aromatic N) is 3. The Labute approximate surface area is 164 Å². The van der Waals surface area contributed by atoms with Gasteiger partial charge in [0.15, 0.2) is 0 Å². The molecule has 2 aromatic carbocycles. The van der Waals surface area contributed by atoms with Gasteiger partial charge < -0.3 is 9.29 Å². The molecule has 0 aliphatic carbocycles. The zero-order valence-corrected chi connectivity index (χ0v) is 16.2. The summed E-state index contributed by atoms with van der Waals surface area (Å²) in [7, 11) is 3.03. The third-order valence-corrected chi connectivity index (χ3v) is 5.24. The van der Waals surface area contributed by atoms with Crippen LogP contribution >= 0.6 is 0 Å². The monoisotopic (exact) mass is 404 g/mol. The maximum Gasteiger partial charge on any atom is 0.337 e. The van der Waals surface area contributed by atoms with Gasteiger partial charge in [0.25, 0.3) is 0 Å². The molecule has 0 aliphatic rings. The van der Waals surface area contributed by atoms with Crippen LogP contribution < -0.4 is 0 Å². The van der Waals surface area contributed by atoms with Crippen LogP contribution in [0.3, 0.4) is 0 Å². The Bertz CT molecular complexity index is 1040. The second kappa shape index (κ2) is 8.59. The SMILES string of the molecule is COC(=O)c1ccc(CN(CCc2cccc3cnn(C)c23)S(=O)[O-])c(F)c1. The highest BCUT2D eigenvalue weighted by Gasteiger charge is 2.15. The zero-order valence-electron chi connectivity index (χ0n) is 15.4. The summed E-state index contributed by atoms with van der Waals surface area (Å²) in [6.07, 6.45) is 2.20. The molecule has 3 aromatic rings. The summed E-state index contributed by atoms with van der Waals surface area (Å²) >= 11 is -2.53. The number of rotatable bonds is 7. The molecule has 0 radical (unpaired) electrons. The van der Waals surface area contributed by atoms with E-state index < -0.39 is 23.1 Å². The highest BCUT2D eigenvalue weighted by Crippen LogP contribution is 2.20. The van der Waals surface area contributed by atoms with Gasteiger partial charge in [-0.1, -0.05) is 24.3 Å². The average molecular weight is 404 g/mol. The van der Waals surface area contributed by atoms with Gasteiger partial charge >= 0.3 is 5.97 Å². The van der Waals surface area contributed by atoms with Crippen molar-refractivity contribution in [3.05, 3.63) is 65.1 Å². The van der Waals surface area contributed by atoms with Crippen molar-refractivity contribution in [2.45, 2.75) is 13.0 Å². The summed E-state index contributed by atoms with van der Waals surface area (Å²) in [6, 6.07) is 9.59. The topological polar surface area (TPSA) is 87.5 Å². The van der Waals surface area contributed by atoms with Crippen molar-refractivity contribution in [1.82, 2.24) is 14.1 Å². The van der Waals surface area contributed by atoms with Crippen molar-refractivity contribution >= 4 is 28.1 Å². The number of aromatic nitrogens is 2. The summed E-state index contributed by atoms with van der Waals surface area (Å²) in [4.78, 5) is 11.5. The molecule has 0 saturated heterocycles. The number of carbonyl (C=O) groups is 1. The minimum absolute atomic E-state index is 0.0708. The van der Waals surface area contributed by atoms with Crippen LogP contribution in [0.1, 0.15) is 21.5 Å². The summed E-state index contributed by atoms with van der Waals surface area (Å²) < 4.78 is 45.0. The van der Waals surface area contributed by atoms with E-state index in [9.17, 15) is 17.9 Å². The molecule has 9 heteroatoms. The van der Waals surface area contributed by atoms with Gasteiger partial charge in [0.1, 0.15) is 5.82 Å². The van der Waals surface area contributed by atoms with Crippen LogP contribution in [-0.4, -0.2) is 42.5 Å². The van der Waals surface area contributed by atoms with Crippen LogP contribution in [0.4, 0.5) is 4.39 Å². The van der Waals surface area contributed by atoms with Crippen LogP contribution in [0.5, 0.6) is 0 Å². The number of aryl methyl sites for hydroxylation is 1. The highest BCUT2D eigenvalue weighted by atomic mass is 32.2. The Morgan fingerprint density at radius 2 is 2.11 bits per heavy atom. The highest BCUT2D eigenvalue weighted by molar-refractivity contribution is 7.76. The lowest BCUT2D eigenvalue weighted by molar-refractivity contribution is 0.0600. The molecular weight excluding hydrogens is 385 g/mol. The Morgan fingerprint density at radius 1 is 1.32 bits per heavy atom. The smallest absolute Gasteiger partial charge is 0.337 e. The number of carbonyl (C=O) groups excluding carboxylic acids is 1. The van der Waals surface area contributed by atoms with Crippen LogP contribution in [-0.2, 0) is 36.0 Å². The summed E-state index contributed by atoms with van der Waals surface area (Å²) in [5.41, 5.74) is 2.14. The number of esters is 1. The number of halogens is 1. The van der Waals surface area contributed by atoms with E-state index in [1.165, 1.54) is 19.2 Å². The molecule has 148 valence electrons. The van der Waals surface area contributed by atoms with Gasteiger partial charge in [-0.25, -0.2) is 13.5 Å². The molecule has 0 saturated carbocycles. The summed E-state index contributed by atoms with van der Waals surface area (Å²) in [5, 5.41) is 5.19. The van der Waals surface area contributed by atoms with E-state index in [0.29, 0.717) is 6.42 Å². The van der Waals surface area contributed by atoms with Gasteiger partial charge in [0.05, 0.1) is 24.4 Å². The van der Waals surface area contributed by atoms with Gasteiger partial charge in [0.2, 0.25) is 0 Å². The summed E-state index contributed by atoms with van der Waals surface area (Å²) in [6.45, 7) is 0.0450. The van der Waals surface area contributed by atoms with Gasteiger partial charge in [-0.05, 0) is 24.1 Å². The predicted octanol–water partition coefficient (Wildman–Crippen LogP) is 2.34. The molecule has 0 N–H and O–H groups in total. The first kappa shape index (κ1) is 20.1. The van der Waals surface area contributed by atoms with E-state index in [2.05, 4.69) is 9.84 Å². The van der Waals surface area contributed by atoms with Gasteiger partial charge in [-0.2, -0.15) is 5.10 Å². The molecule has 1 atom stereocenters. The third-order valence-electron chi connectivity index (χ3n) is 4.51. The quantitative estimate of drug-likeness (QED) is 0.446. The molecule has 0 fully saturated rings. The fourth-order valence-corrected chi connectivity index (χ4v) is 3.56. The number of methoxy groups -OCH3 is 1. The fourth-order valence-electron chi connectivity index (χ4n) is 3.08. The number of fused-ring (bicyclic) bond motifs is 1. The van der Waals surface area contributed by atoms with Crippen molar-refractivity contribution in [1.29, 1.82) is 0 Å². The number of ether oxygens (including phenoxy) is 1. The minimum Gasteiger partial charge on any atom is -0.760 e. The van der Waals surface area contributed by atoms with E-state index in [1.54, 1.807) is 10.9 Å². The third kappa shape index (κ3) is 4.27. The van der Waals surface area contributed by atoms with Gasteiger partial charge in [-0.3, -0.25) is 8.89 Å². The maximum atomic E-state index is 14.3. The van der Waals surface area contributed by atoms with Crippen LogP contribution in [0.25, 0.3) is 10.9 Å². The van der Waals surface area contributed by atoms with Crippen molar-refractivity contribution < 1.29 is 22.7 Å². The van der Waals surface area contributed by atoms with Gasteiger partial charge in [-0.15, -0.1) is 0 Å². The molecule has 1 unspecified atom stereocenters. The predicted molar refractivity (Wildman–Crippen MR) is 101 cm³/mol. The second-order valence-corrected chi connectivity index (χ2v) is 7.20. The Hall–Kier alpha value is -2.62. The number of hydrogen-bond donors (Lipinski definition) is 0. The first-order valence-corrected chi connectivity index (χ1v) is 9.54. The fraction of sp³-hybridized carbons (Fsp3) is 0.263. The van der Waals surface area contributed by atoms with E-state index in [-0.39, 0.29) is 24.2 Å². The molecule has 0 spiro atoms. The van der Waals surface area contributed by atoms with Crippen molar-refractivity contribution in [2.24, 2.45) is 7.05 Å². The Kier molecular flexibility index (Phi) is 6.18. The molecule has 0 aliphatic heterocycles. The zero-order chi connectivity index (χ0) is 20.3. The van der Waals surface area contributed by atoms with Crippen LogP contribution in [0, 0.1) is 5.82 Å². The molecule has 1 aromatic heterocycles. The lowest BCUT2D eigenvalue weighted by atomic mass is 10.1. The first-order chi connectivity index (χ1) is 13.4. The van der Waals surface area contributed by atoms with Crippen LogP contribution in [0.15, 0.2) is 42.6 Å². The molecule has 0 bridgehead atoms. The largest absolute Gasteiger partial charge is 0.760 e. The first-order valence-electron chi connectivity index (χ1n) is 8.51. The molecule has 1 heterocycles. The lowest BCUT2D eigenvalue weighted by Gasteiger charge is -2.24. The molecular formula is C19H19FN3O4S-. The minimum atomic E-state index is -2.53. The second-order valence-electron chi connectivity index (χ2n) is 6.25. The maximum absolute atomic E-state index is 14.3. The van der Waals surface area contributed by atoms with E-state index in [0.717, 1.165) is 26.8 Å². The number of benzene rings is 2. The van der Waals surface area contributed by atoms with Crippen LogP contribution in [0.2, 0.25) is 0 Å². The standard InChI is InChI=1S/C19H20FN3O4S/c1-22-18-13(4-3-5-15(18)11-21-22)8-9-23(28(25)26)12-16-7-6-14(10-17(16)20)19(24)27-2/h3-7,10-11H,8-9,12H2,1-2H3,(H,25,26)/p-1. The average Bonchev–Trinajstić information content (AvgIpc) is 3.07. The van der Waals surface area contributed by atoms with E-state index >= 15 is 0 Å². The Balaban J connectivity index is 1.76. The lowest BCUT2D eigenvalue weighted by Crippen LogP contribution is -2.28. The van der Waals surface area contributed by atoms with Crippen molar-refractivity contribution in [2.75, 3.05) is 13.7 Å². The van der Waals surface area contributed by atoms with Crippen molar-refractivity contribution in [3.8, 4) is 0 Å². The molecule has 7 nitrogen and oxygen atoms in total.